The molecule has 0 aliphatic carbocycles. The Morgan fingerprint density at radius 2 is 2.10 bits per heavy atom. The van der Waals surface area contributed by atoms with Crippen molar-refractivity contribution < 1.29 is 14.1 Å². The quantitative estimate of drug-likeness (QED) is 0.881. The molecule has 1 amide bonds. The van der Waals surface area contributed by atoms with Crippen molar-refractivity contribution in [3.05, 3.63) is 30.0 Å². The van der Waals surface area contributed by atoms with Crippen molar-refractivity contribution >= 4 is 17.5 Å². The molecule has 1 aromatic heterocycles. The zero-order chi connectivity index (χ0) is 15.6. The van der Waals surface area contributed by atoms with Crippen molar-refractivity contribution in [2.75, 3.05) is 11.1 Å². The molecule has 0 spiro atoms. The molecule has 0 saturated carbocycles. The topological polar surface area (TPSA) is 90.4 Å². The van der Waals surface area contributed by atoms with Crippen LogP contribution in [-0.4, -0.2) is 16.9 Å². The fraction of sp³-hybridized carbons (Fsp3) is 0.333. The summed E-state index contributed by atoms with van der Waals surface area (Å²) in [4.78, 5) is 11.9. The summed E-state index contributed by atoms with van der Waals surface area (Å²) >= 11 is 0. The number of aryl methyl sites for hydroxylation is 1. The van der Waals surface area contributed by atoms with Gasteiger partial charge in [0.2, 0.25) is 0 Å². The minimum atomic E-state index is -0.551. The number of anilines is 2. The van der Waals surface area contributed by atoms with Gasteiger partial charge in [-0.1, -0.05) is 17.3 Å². The number of carbonyl (C=O) groups is 1. The Kier molecular flexibility index (Phi) is 3.88. The second-order valence-corrected chi connectivity index (χ2v) is 5.77. The maximum absolute atomic E-state index is 11.9. The minimum Gasteiger partial charge on any atom is -0.444 e. The highest BCUT2D eigenvalue weighted by molar-refractivity contribution is 5.87. The molecule has 2 aromatic rings. The normalized spacial score (nSPS) is 11.2. The van der Waals surface area contributed by atoms with E-state index < -0.39 is 11.7 Å². The second kappa shape index (κ2) is 5.47. The summed E-state index contributed by atoms with van der Waals surface area (Å²) in [6, 6.07) is 5.49. The van der Waals surface area contributed by atoms with Crippen LogP contribution in [0.3, 0.4) is 0 Å². The molecule has 112 valence electrons. The molecule has 0 radical (unpaired) electrons. The second-order valence-electron chi connectivity index (χ2n) is 5.77. The van der Waals surface area contributed by atoms with Crippen LogP contribution in [0.5, 0.6) is 0 Å². The summed E-state index contributed by atoms with van der Waals surface area (Å²) in [6.45, 7) is 7.32. The number of carbonyl (C=O) groups excluding carboxylic acids is 1. The summed E-state index contributed by atoms with van der Waals surface area (Å²) in [5, 5.41) is 6.37. The molecule has 1 aromatic carbocycles. The van der Waals surface area contributed by atoms with Gasteiger partial charge in [0.25, 0.3) is 0 Å². The lowest BCUT2D eigenvalue weighted by Crippen LogP contribution is -2.27. The van der Waals surface area contributed by atoms with Crippen LogP contribution in [0.1, 0.15) is 26.3 Å². The molecule has 3 N–H and O–H groups in total. The minimum absolute atomic E-state index is 0.446. The fourth-order valence-electron chi connectivity index (χ4n) is 1.78. The number of aromatic nitrogens is 1. The molecule has 0 bridgehead atoms. The fourth-order valence-corrected chi connectivity index (χ4v) is 1.78. The molecule has 0 aliphatic rings. The lowest BCUT2D eigenvalue weighted by Gasteiger charge is -2.20. The number of nitrogens with two attached hydrogens (primary N) is 1. The first-order chi connectivity index (χ1) is 9.76. The molecule has 0 atom stereocenters. The zero-order valence-corrected chi connectivity index (χ0v) is 12.6. The first-order valence-corrected chi connectivity index (χ1v) is 6.57. The molecule has 6 heteroatoms. The number of nitrogen functional groups attached to an aromatic ring is 1. The highest BCUT2D eigenvalue weighted by Gasteiger charge is 2.17. The van der Waals surface area contributed by atoms with E-state index in [4.69, 9.17) is 15.0 Å². The number of nitrogens with one attached hydrogen (secondary N) is 1. The predicted molar refractivity (Wildman–Crippen MR) is 80.9 cm³/mol. The largest absolute Gasteiger partial charge is 0.444 e. The molecule has 0 fully saturated rings. The Bertz CT molecular complexity index is 656. The van der Waals surface area contributed by atoms with Crippen LogP contribution >= 0.6 is 0 Å². The maximum Gasteiger partial charge on any atom is 0.412 e. The van der Waals surface area contributed by atoms with Crippen molar-refractivity contribution in [1.29, 1.82) is 0 Å². The molecule has 2 rings (SSSR count). The highest BCUT2D eigenvalue weighted by Crippen LogP contribution is 2.29. The summed E-state index contributed by atoms with van der Waals surface area (Å²) < 4.78 is 10.4. The van der Waals surface area contributed by atoms with E-state index in [2.05, 4.69) is 10.5 Å². The number of rotatable bonds is 2. The van der Waals surface area contributed by atoms with E-state index in [1.807, 2.05) is 39.8 Å². The van der Waals surface area contributed by atoms with Crippen LogP contribution in [0.4, 0.5) is 16.2 Å². The van der Waals surface area contributed by atoms with E-state index in [0.29, 0.717) is 17.1 Å². The van der Waals surface area contributed by atoms with Gasteiger partial charge in [-0.15, -0.1) is 0 Å². The average Bonchev–Trinajstić information content (AvgIpc) is 2.76. The lowest BCUT2D eigenvalue weighted by molar-refractivity contribution is 0.0636. The van der Waals surface area contributed by atoms with E-state index in [1.165, 1.54) is 6.20 Å². The van der Waals surface area contributed by atoms with Crippen LogP contribution in [0.2, 0.25) is 0 Å². The summed E-state index contributed by atoms with van der Waals surface area (Å²) in [7, 11) is 0. The molecule has 21 heavy (non-hydrogen) atoms. The van der Waals surface area contributed by atoms with Gasteiger partial charge in [-0.25, -0.2) is 4.79 Å². The summed E-state index contributed by atoms with van der Waals surface area (Å²) in [6.07, 6.45) is 0.934. The van der Waals surface area contributed by atoms with Gasteiger partial charge >= 0.3 is 6.09 Å². The molecule has 1 heterocycles. The molecular weight excluding hydrogens is 270 g/mol. The van der Waals surface area contributed by atoms with Crippen molar-refractivity contribution in [3.63, 3.8) is 0 Å². The van der Waals surface area contributed by atoms with Crippen LogP contribution in [0.15, 0.2) is 28.9 Å². The van der Waals surface area contributed by atoms with E-state index in [-0.39, 0.29) is 0 Å². The van der Waals surface area contributed by atoms with Crippen LogP contribution < -0.4 is 11.1 Å². The SMILES string of the molecule is Cc1ccc(-c2oncc2N)cc1NC(=O)OC(C)(C)C. The Labute approximate surface area is 123 Å². The van der Waals surface area contributed by atoms with E-state index in [0.717, 1.165) is 11.1 Å². The number of hydrogen-bond acceptors (Lipinski definition) is 5. The maximum atomic E-state index is 11.9. The van der Waals surface area contributed by atoms with Gasteiger partial charge in [0.1, 0.15) is 11.3 Å². The molecule has 0 unspecified atom stereocenters. The molecular formula is C15H19N3O3. The number of nitrogens with zero attached hydrogens (tertiary/aromatic N) is 1. The first kappa shape index (κ1) is 14.9. The Balaban J connectivity index is 2.24. The van der Waals surface area contributed by atoms with Gasteiger partial charge in [-0.2, -0.15) is 0 Å². The van der Waals surface area contributed by atoms with Gasteiger partial charge in [-0.05, 0) is 39.3 Å². The van der Waals surface area contributed by atoms with Crippen molar-refractivity contribution in [2.45, 2.75) is 33.3 Å². The van der Waals surface area contributed by atoms with E-state index in [1.54, 1.807) is 6.07 Å². The van der Waals surface area contributed by atoms with Gasteiger partial charge < -0.3 is 15.0 Å². The third-order valence-electron chi connectivity index (χ3n) is 2.73. The van der Waals surface area contributed by atoms with Crippen molar-refractivity contribution in [2.24, 2.45) is 0 Å². The van der Waals surface area contributed by atoms with Gasteiger partial charge in [0.15, 0.2) is 5.76 Å². The summed E-state index contributed by atoms with van der Waals surface area (Å²) in [5.74, 6) is 0.474. The van der Waals surface area contributed by atoms with Crippen LogP contribution in [-0.2, 0) is 4.74 Å². The molecule has 6 nitrogen and oxygen atoms in total. The predicted octanol–water partition coefficient (Wildman–Crippen LogP) is 3.58. The smallest absolute Gasteiger partial charge is 0.412 e. The van der Waals surface area contributed by atoms with Gasteiger partial charge in [0.05, 0.1) is 6.20 Å². The van der Waals surface area contributed by atoms with Gasteiger partial charge in [-0.3, -0.25) is 5.32 Å². The van der Waals surface area contributed by atoms with E-state index >= 15 is 0 Å². The van der Waals surface area contributed by atoms with Crippen LogP contribution in [0.25, 0.3) is 11.3 Å². The Hall–Kier alpha value is -2.50. The summed E-state index contributed by atoms with van der Waals surface area (Å²) in [5.41, 5.74) is 7.95. The van der Waals surface area contributed by atoms with Crippen molar-refractivity contribution in [3.8, 4) is 11.3 Å². The standard InChI is InChI=1S/C15H19N3O3/c1-9-5-6-10(13-11(16)8-17-21-13)7-12(9)18-14(19)20-15(2,3)4/h5-8H,16H2,1-4H3,(H,18,19). The number of benzene rings is 1. The number of amides is 1. The molecule has 0 aliphatic heterocycles. The van der Waals surface area contributed by atoms with E-state index in [9.17, 15) is 4.79 Å². The lowest BCUT2D eigenvalue weighted by atomic mass is 10.1. The van der Waals surface area contributed by atoms with Crippen molar-refractivity contribution in [1.82, 2.24) is 5.16 Å². The van der Waals surface area contributed by atoms with Crippen LogP contribution in [0, 0.1) is 6.92 Å². The highest BCUT2D eigenvalue weighted by atomic mass is 16.6. The first-order valence-electron chi connectivity index (χ1n) is 6.57. The molecule has 0 saturated heterocycles. The third-order valence-corrected chi connectivity index (χ3v) is 2.73. The zero-order valence-electron chi connectivity index (χ0n) is 12.6. The Morgan fingerprint density at radius 3 is 2.67 bits per heavy atom. The monoisotopic (exact) mass is 289 g/mol. The average molecular weight is 289 g/mol. The number of hydrogen-bond donors (Lipinski definition) is 2. The Morgan fingerprint density at radius 1 is 1.38 bits per heavy atom. The third kappa shape index (κ3) is 3.75. The number of ether oxygens (including phenoxy) is 1. The van der Waals surface area contributed by atoms with Gasteiger partial charge in [0, 0.05) is 11.3 Å².